The molecule has 0 aliphatic carbocycles. The summed E-state index contributed by atoms with van der Waals surface area (Å²) in [7, 11) is -1.47. The van der Waals surface area contributed by atoms with E-state index in [9.17, 15) is 14.4 Å². The normalized spacial score (nSPS) is 18.1. The van der Waals surface area contributed by atoms with Gasteiger partial charge in [-0.3, -0.25) is 23.7 Å². The maximum atomic E-state index is 15.2. The van der Waals surface area contributed by atoms with Gasteiger partial charge in [0, 0.05) is 23.6 Å². The SMILES string of the molecule is COc1ccc(C(OC[C@H]2O[C@@H](n3cc(C)c(=O)[nH]c3=O)C[C@@H]2OP(=O)(Oc2c(C)cc(C)cc2C)C(=O)C(C)(C)C)(c2ccccc2)c2ccc(OC)cc2)cc1. The average Bonchev–Trinajstić information content (AvgIpc) is 3.59. The van der Waals surface area contributed by atoms with E-state index in [1.54, 1.807) is 41.9 Å². The minimum atomic E-state index is -4.66. The Bertz CT molecular complexity index is 2350. The molecule has 0 spiro atoms. The quantitative estimate of drug-likeness (QED) is 0.0859. The van der Waals surface area contributed by atoms with Gasteiger partial charge in [0.2, 0.25) is 0 Å². The first kappa shape index (κ1) is 42.3. The Hall–Kier alpha value is -5.26. The number of rotatable bonds is 14. The molecule has 13 heteroatoms. The zero-order valence-corrected chi connectivity index (χ0v) is 35.3. The lowest BCUT2D eigenvalue weighted by molar-refractivity contribution is -0.121. The third-order valence-electron chi connectivity index (χ3n) is 10.3. The van der Waals surface area contributed by atoms with E-state index in [1.165, 1.54) is 10.8 Å². The Morgan fingerprint density at radius 3 is 1.86 bits per heavy atom. The summed E-state index contributed by atoms with van der Waals surface area (Å²) >= 11 is 0. The number of aryl methyl sites for hydroxylation is 4. The summed E-state index contributed by atoms with van der Waals surface area (Å²) in [5.41, 5.74) is 0.560. The van der Waals surface area contributed by atoms with Crippen molar-refractivity contribution in [2.75, 3.05) is 20.8 Å². The lowest BCUT2D eigenvalue weighted by Crippen LogP contribution is -2.39. The summed E-state index contributed by atoms with van der Waals surface area (Å²) in [6, 6.07) is 28.5. The van der Waals surface area contributed by atoms with Crippen LogP contribution >= 0.6 is 7.60 Å². The lowest BCUT2D eigenvalue weighted by Gasteiger charge is -2.37. The molecule has 4 aromatic carbocycles. The number of aromatic amines is 1. The van der Waals surface area contributed by atoms with Crippen LogP contribution in [0.4, 0.5) is 0 Å². The molecular formula is C45H51N2O10P. The first-order chi connectivity index (χ1) is 27.5. The number of nitrogens with one attached hydrogen (secondary N) is 1. The molecule has 12 nitrogen and oxygen atoms in total. The Morgan fingerprint density at radius 2 is 1.34 bits per heavy atom. The number of nitrogens with zero attached hydrogens (tertiary/aromatic N) is 1. The highest BCUT2D eigenvalue weighted by molar-refractivity contribution is 7.72. The van der Waals surface area contributed by atoms with Crippen LogP contribution in [-0.4, -0.2) is 48.1 Å². The molecular weight excluding hydrogens is 759 g/mol. The molecule has 6 rings (SSSR count). The van der Waals surface area contributed by atoms with Crippen LogP contribution in [0.2, 0.25) is 0 Å². The third-order valence-corrected chi connectivity index (χ3v) is 12.4. The molecule has 1 aliphatic heterocycles. The van der Waals surface area contributed by atoms with Gasteiger partial charge in [-0.1, -0.05) is 93.1 Å². The fourth-order valence-electron chi connectivity index (χ4n) is 7.34. The van der Waals surface area contributed by atoms with E-state index < -0.39 is 53.8 Å². The molecule has 4 atom stereocenters. The smallest absolute Gasteiger partial charge is 0.447 e. The maximum absolute atomic E-state index is 15.2. The fourth-order valence-corrected chi connectivity index (χ4v) is 9.49. The van der Waals surface area contributed by atoms with Crippen LogP contribution in [0.5, 0.6) is 17.2 Å². The molecule has 5 aromatic rings. The Labute approximate surface area is 338 Å². The number of methoxy groups -OCH3 is 2. The molecule has 58 heavy (non-hydrogen) atoms. The van der Waals surface area contributed by atoms with Crippen molar-refractivity contribution in [2.24, 2.45) is 5.41 Å². The van der Waals surface area contributed by atoms with Crippen molar-refractivity contribution in [2.45, 2.75) is 78.9 Å². The standard InChI is InChI=1S/C45H51N2O10P/c1-28-23-29(2)40(30(3)24-28)57-58(51,42(49)44(5,6)7)56-37-25-39(47-26-31(4)41(48)46-43(47)50)55-38(37)27-54-45(32-13-11-10-12-14-32,33-15-19-35(52-8)20-16-33)34-17-21-36(53-9)22-18-34/h10-24,26,37-39H,25,27H2,1-9H3,(H,46,48,50)/t37-,38+,39+,58?/m0/s1. The van der Waals surface area contributed by atoms with E-state index >= 15 is 4.57 Å². The zero-order valence-electron chi connectivity index (χ0n) is 34.4. The predicted molar refractivity (Wildman–Crippen MR) is 221 cm³/mol. The molecule has 1 saturated heterocycles. The maximum Gasteiger partial charge on any atom is 0.447 e. The molecule has 0 bridgehead atoms. The highest BCUT2D eigenvalue weighted by Gasteiger charge is 2.51. The van der Waals surface area contributed by atoms with Crippen LogP contribution in [0.25, 0.3) is 0 Å². The molecule has 1 N–H and O–H groups in total. The largest absolute Gasteiger partial charge is 0.497 e. The van der Waals surface area contributed by atoms with Gasteiger partial charge in [-0.15, -0.1) is 0 Å². The van der Waals surface area contributed by atoms with Crippen LogP contribution < -0.4 is 25.2 Å². The van der Waals surface area contributed by atoms with Gasteiger partial charge in [0.05, 0.1) is 20.8 Å². The Kier molecular flexibility index (Phi) is 12.4. The number of hydrogen-bond donors (Lipinski definition) is 1. The Morgan fingerprint density at radius 1 is 0.810 bits per heavy atom. The van der Waals surface area contributed by atoms with Gasteiger partial charge in [0.1, 0.15) is 41.3 Å². The average molecular weight is 811 g/mol. The van der Waals surface area contributed by atoms with Crippen molar-refractivity contribution in [1.29, 1.82) is 0 Å². The van der Waals surface area contributed by atoms with Gasteiger partial charge >= 0.3 is 13.3 Å². The summed E-state index contributed by atoms with van der Waals surface area (Å²) in [5, 5.41) is 0. The van der Waals surface area contributed by atoms with E-state index in [0.29, 0.717) is 22.6 Å². The van der Waals surface area contributed by atoms with Gasteiger partial charge in [-0.25, -0.2) is 9.36 Å². The number of aromatic nitrogens is 2. The minimum absolute atomic E-state index is 0.0422. The molecule has 1 fully saturated rings. The summed E-state index contributed by atoms with van der Waals surface area (Å²) in [5.74, 6) is 1.58. The predicted octanol–water partition coefficient (Wildman–Crippen LogP) is 8.31. The molecule has 1 unspecified atom stereocenters. The first-order valence-electron chi connectivity index (χ1n) is 19.1. The topological polar surface area (TPSA) is 144 Å². The van der Waals surface area contributed by atoms with E-state index in [4.69, 9.17) is 28.0 Å². The van der Waals surface area contributed by atoms with Gasteiger partial charge in [-0.05, 0) is 79.8 Å². The molecule has 0 radical (unpaired) electrons. The van der Waals surface area contributed by atoms with Crippen molar-refractivity contribution in [3.63, 3.8) is 0 Å². The lowest BCUT2D eigenvalue weighted by atomic mass is 9.80. The molecule has 0 amide bonds. The van der Waals surface area contributed by atoms with Crippen LogP contribution in [-0.2, 0) is 29.0 Å². The molecule has 0 saturated carbocycles. The highest BCUT2D eigenvalue weighted by Crippen LogP contribution is 2.57. The molecule has 306 valence electrons. The number of H-pyrrole nitrogens is 1. The molecule has 2 heterocycles. The summed E-state index contributed by atoms with van der Waals surface area (Å²) in [4.78, 5) is 42.2. The van der Waals surface area contributed by atoms with Crippen molar-refractivity contribution < 1.29 is 37.4 Å². The number of carbonyl (C=O) groups excluding carboxylic acids is 1. The number of ether oxygens (including phenoxy) is 4. The summed E-state index contributed by atoms with van der Waals surface area (Å²) in [6.07, 6.45) is -1.76. The van der Waals surface area contributed by atoms with Crippen molar-refractivity contribution in [3.05, 3.63) is 157 Å². The van der Waals surface area contributed by atoms with Crippen LogP contribution in [0.1, 0.15) is 72.4 Å². The number of hydrogen-bond acceptors (Lipinski definition) is 10. The van der Waals surface area contributed by atoms with Crippen molar-refractivity contribution in [1.82, 2.24) is 9.55 Å². The second-order valence-electron chi connectivity index (χ2n) is 15.7. The molecule has 1 aliphatic rings. The Balaban J connectivity index is 1.48. The third kappa shape index (κ3) is 8.61. The second kappa shape index (κ2) is 16.9. The number of benzene rings is 4. The van der Waals surface area contributed by atoms with E-state index in [2.05, 4.69) is 4.98 Å². The van der Waals surface area contributed by atoms with Gasteiger partial charge in [0.25, 0.3) is 11.1 Å². The van der Waals surface area contributed by atoms with Crippen LogP contribution in [0, 0.1) is 33.1 Å². The molecule has 1 aromatic heterocycles. The van der Waals surface area contributed by atoms with Gasteiger partial charge < -0.3 is 23.5 Å². The van der Waals surface area contributed by atoms with Crippen molar-refractivity contribution >= 4 is 13.1 Å². The van der Waals surface area contributed by atoms with E-state index in [-0.39, 0.29) is 24.3 Å². The van der Waals surface area contributed by atoms with Gasteiger partial charge in [0.15, 0.2) is 0 Å². The monoisotopic (exact) mass is 810 g/mol. The fraction of sp³-hybridized carbons (Fsp3) is 0.356. The van der Waals surface area contributed by atoms with Crippen LogP contribution in [0.15, 0.2) is 107 Å². The van der Waals surface area contributed by atoms with Gasteiger partial charge in [-0.2, -0.15) is 0 Å². The summed E-state index contributed by atoms with van der Waals surface area (Å²) < 4.78 is 54.0. The zero-order chi connectivity index (χ0) is 42.0. The van der Waals surface area contributed by atoms with E-state index in [1.807, 2.05) is 112 Å². The number of carbonyl (C=O) groups is 1. The minimum Gasteiger partial charge on any atom is -0.497 e. The highest BCUT2D eigenvalue weighted by atomic mass is 31.2. The van der Waals surface area contributed by atoms with Crippen molar-refractivity contribution in [3.8, 4) is 17.2 Å². The second-order valence-corrected chi connectivity index (χ2v) is 17.5. The first-order valence-corrected chi connectivity index (χ1v) is 20.6. The van der Waals surface area contributed by atoms with Crippen LogP contribution in [0.3, 0.4) is 0 Å². The van der Waals surface area contributed by atoms with E-state index in [0.717, 1.165) is 22.3 Å². The summed E-state index contributed by atoms with van der Waals surface area (Å²) in [6.45, 7) is 11.9.